The summed E-state index contributed by atoms with van der Waals surface area (Å²) in [5, 5.41) is 3.69. The maximum absolute atomic E-state index is 5.29. The van der Waals surface area contributed by atoms with Gasteiger partial charge in [-0.25, -0.2) is 0 Å². The Morgan fingerprint density at radius 2 is 2.00 bits per heavy atom. The van der Waals surface area contributed by atoms with Gasteiger partial charge >= 0.3 is 0 Å². The Kier molecular flexibility index (Phi) is 3.66. The number of nitrogens with one attached hydrogen (secondary N) is 1. The summed E-state index contributed by atoms with van der Waals surface area (Å²) in [6.07, 6.45) is 12.2. The van der Waals surface area contributed by atoms with Crippen LogP contribution in [0, 0.1) is 18.3 Å². The van der Waals surface area contributed by atoms with Crippen LogP contribution in [0.25, 0.3) is 0 Å². The minimum Gasteiger partial charge on any atom is -0.311 e. The van der Waals surface area contributed by atoms with Gasteiger partial charge in [-0.2, -0.15) is 0 Å². The van der Waals surface area contributed by atoms with E-state index in [1.54, 1.807) is 0 Å². The quantitative estimate of drug-likeness (QED) is 0.701. The van der Waals surface area contributed by atoms with Crippen molar-refractivity contribution in [3.63, 3.8) is 0 Å². The predicted molar refractivity (Wildman–Crippen MR) is 63.6 cm³/mol. The zero-order chi connectivity index (χ0) is 10.7. The standard InChI is InChI=1S/C13H22N2/c1-3-7-15(2)8-6-11-9-12-4-5-13(10-11)14-12/h1,11-14H,4-10H2,2H3. The molecule has 0 aromatic carbocycles. The SMILES string of the molecule is C#CCN(C)CCC1CC2CCC(C1)N2. The molecule has 2 nitrogen and oxygen atoms in total. The van der Waals surface area contributed by atoms with Crippen LogP contribution in [-0.4, -0.2) is 37.1 Å². The smallest absolute Gasteiger partial charge is 0.0596 e. The molecule has 0 radical (unpaired) electrons. The molecule has 2 heterocycles. The number of hydrogen-bond acceptors (Lipinski definition) is 2. The van der Waals surface area contributed by atoms with Crippen LogP contribution in [0.3, 0.4) is 0 Å². The Morgan fingerprint density at radius 3 is 2.60 bits per heavy atom. The molecule has 0 aromatic heterocycles. The number of terminal acetylenes is 1. The topological polar surface area (TPSA) is 15.3 Å². The highest BCUT2D eigenvalue weighted by molar-refractivity contribution is 4.92. The first kappa shape index (κ1) is 11.0. The molecule has 2 heteroatoms. The van der Waals surface area contributed by atoms with Crippen molar-refractivity contribution in [1.29, 1.82) is 0 Å². The van der Waals surface area contributed by atoms with Crippen molar-refractivity contribution >= 4 is 0 Å². The van der Waals surface area contributed by atoms with Crippen LogP contribution in [0.1, 0.15) is 32.1 Å². The van der Waals surface area contributed by atoms with E-state index in [4.69, 9.17) is 6.42 Å². The van der Waals surface area contributed by atoms with Crippen molar-refractivity contribution in [2.75, 3.05) is 20.1 Å². The first-order valence-corrected chi connectivity index (χ1v) is 6.16. The minimum atomic E-state index is 0.790. The lowest BCUT2D eigenvalue weighted by Crippen LogP contribution is -2.38. The summed E-state index contributed by atoms with van der Waals surface area (Å²) < 4.78 is 0. The summed E-state index contributed by atoms with van der Waals surface area (Å²) in [7, 11) is 2.12. The molecule has 15 heavy (non-hydrogen) atoms. The third kappa shape index (κ3) is 2.96. The second kappa shape index (κ2) is 5.01. The first-order chi connectivity index (χ1) is 7.28. The van der Waals surface area contributed by atoms with E-state index in [0.717, 1.165) is 31.1 Å². The van der Waals surface area contributed by atoms with Crippen LogP contribution < -0.4 is 5.32 Å². The average molecular weight is 206 g/mol. The summed E-state index contributed by atoms with van der Waals surface area (Å²) in [6, 6.07) is 1.65. The Morgan fingerprint density at radius 1 is 1.33 bits per heavy atom. The van der Waals surface area contributed by atoms with E-state index >= 15 is 0 Å². The molecule has 2 aliphatic heterocycles. The van der Waals surface area contributed by atoms with Crippen LogP contribution in [0.15, 0.2) is 0 Å². The molecule has 2 unspecified atom stereocenters. The lowest BCUT2D eigenvalue weighted by Gasteiger charge is -2.30. The minimum absolute atomic E-state index is 0.790. The molecule has 84 valence electrons. The van der Waals surface area contributed by atoms with Gasteiger partial charge in [-0.1, -0.05) is 5.92 Å². The van der Waals surface area contributed by atoms with E-state index in [9.17, 15) is 0 Å². The fraction of sp³-hybridized carbons (Fsp3) is 0.846. The molecule has 1 N–H and O–H groups in total. The molecule has 0 amide bonds. The van der Waals surface area contributed by atoms with Crippen LogP contribution in [0.5, 0.6) is 0 Å². The van der Waals surface area contributed by atoms with Gasteiger partial charge < -0.3 is 5.32 Å². The van der Waals surface area contributed by atoms with E-state index in [-0.39, 0.29) is 0 Å². The highest BCUT2D eigenvalue weighted by Gasteiger charge is 2.32. The first-order valence-electron chi connectivity index (χ1n) is 6.16. The molecule has 0 aromatic rings. The number of fused-ring (bicyclic) bond motifs is 2. The molecule has 2 saturated heterocycles. The van der Waals surface area contributed by atoms with E-state index < -0.39 is 0 Å². The molecular weight excluding hydrogens is 184 g/mol. The maximum atomic E-state index is 5.29. The second-order valence-corrected chi connectivity index (χ2v) is 5.21. The molecule has 2 aliphatic rings. The van der Waals surface area contributed by atoms with Gasteiger partial charge in [0.05, 0.1) is 6.54 Å². The summed E-state index contributed by atoms with van der Waals surface area (Å²) >= 11 is 0. The van der Waals surface area contributed by atoms with Gasteiger partial charge in [0.25, 0.3) is 0 Å². The van der Waals surface area contributed by atoms with Gasteiger partial charge in [-0.15, -0.1) is 6.42 Å². The molecular formula is C13H22N2. The zero-order valence-corrected chi connectivity index (χ0v) is 9.71. The Hall–Kier alpha value is -0.520. The van der Waals surface area contributed by atoms with Gasteiger partial charge in [0.2, 0.25) is 0 Å². The van der Waals surface area contributed by atoms with Crippen LogP contribution in [0.4, 0.5) is 0 Å². The van der Waals surface area contributed by atoms with Crippen molar-refractivity contribution < 1.29 is 0 Å². The van der Waals surface area contributed by atoms with Crippen molar-refractivity contribution in [1.82, 2.24) is 10.2 Å². The highest BCUT2D eigenvalue weighted by atomic mass is 15.1. The summed E-state index contributed by atoms with van der Waals surface area (Å²) in [5.74, 6) is 3.63. The number of nitrogens with zero attached hydrogens (tertiary/aromatic N) is 1. The van der Waals surface area contributed by atoms with Crippen molar-refractivity contribution in [2.45, 2.75) is 44.2 Å². The van der Waals surface area contributed by atoms with Gasteiger partial charge in [0, 0.05) is 12.1 Å². The van der Waals surface area contributed by atoms with Gasteiger partial charge in [0.15, 0.2) is 0 Å². The normalized spacial score (nSPS) is 34.3. The molecule has 2 bridgehead atoms. The number of piperidine rings is 1. The summed E-state index contributed by atoms with van der Waals surface area (Å²) in [5.41, 5.74) is 0. The molecule has 0 saturated carbocycles. The number of hydrogen-bond donors (Lipinski definition) is 1. The lowest BCUT2D eigenvalue weighted by atomic mass is 9.89. The predicted octanol–water partition coefficient (Wildman–Crippen LogP) is 1.47. The Bertz CT molecular complexity index is 231. The van der Waals surface area contributed by atoms with Gasteiger partial charge in [-0.3, -0.25) is 4.90 Å². The molecule has 0 spiro atoms. The van der Waals surface area contributed by atoms with Crippen molar-refractivity contribution in [3.05, 3.63) is 0 Å². The average Bonchev–Trinajstić information content (AvgIpc) is 2.56. The maximum Gasteiger partial charge on any atom is 0.0596 e. The van der Waals surface area contributed by atoms with Gasteiger partial charge in [-0.05, 0) is 51.6 Å². The van der Waals surface area contributed by atoms with Crippen molar-refractivity contribution in [3.8, 4) is 12.3 Å². The highest BCUT2D eigenvalue weighted by Crippen LogP contribution is 2.32. The van der Waals surface area contributed by atoms with E-state index in [1.807, 2.05) is 0 Å². The Balaban J connectivity index is 1.70. The second-order valence-electron chi connectivity index (χ2n) is 5.21. The van der Waals surface area contributed by atoms with E-state index in [2.05, 4.69) is 23.2 Å². The van der Waals surface area contributed by atoms with Crippen LogP contribution in [-0.2, 0) is 0 Å². The van der Waals surface area contributed by atoms with E-state index in [1.165, 1.54) is 32.1 Å². The molecule has 0 aliphatic carbocycles. The summed E-state index contributed by atoms with van der Waals surface area (Å²) in [6.45, 7) is 1.95. The van der Waals surface area contributed by atoms with Gasteiger partial charge in [0.1, 0.15) is 0 Å². The lowest BCUT2D eigenvalue weighted by molar-refractivity contribution is 0.251. The van der Waals surface area contributed by atoms with Crippen LogP contribution >= 0.6 is 0 Å². The fourth-order valence-electron chi connectivity index (χ4n) is 3.05. The molecule has 2 fully saturated rings. The third-order valence-electron chi connectivity index (χ3n) is 3.85. The molecule has 2 atom stereocenters. The Labute approximate surface area is 93.4 Å². The number of rotatable bonds is 4. The largest absolute Gasteiger partial charge is 0.311 e. The summed E-state index contributed by atoms with van der Waals surface area (Å²) in [4.78, 5) is 2.25. The zero-order valence-electron chi connectivity index (χ0n) is 9.71. The van der Waals surface area contributed by atoms with Crippen LogP contribution in [0.2, 0.25) is 0 Å². The molecule has 2 rings (SSSR count). The third-order valence-corrected chi connectivity index (χ3v) is 3.85. The van der Waals surface area contributed by atoms with Crippen molar-refractivity contribution in [2.24, 2.45) is 5.92 Å². The fourth-order valence-corrected chi connectivity index (χ4v) is 3.05. The van der Waals surface area contributed by atoms with E-state index in [0.29, 0.717) is 0 Å². The monoisotopic (exact) mass is 206 g/mol.